The summed E-state index contributed by atoms with van der Waals surface area (Å²) in [6.45, 7) is 6.96. The highest BCUT2D eigenvalue weighted by atomic mass is 16.5. The normalized spacial score (nSPS) is 12.1. The van der Waals surface area contributed by atoms with Crippen LogP contribution in [0.25, 0.3) is 16.9 Å². The predicted octanol–water partition coefficient (Wildman–Crippen LogP) is 3.58. The molecule has 0 saturated heterocycles. The minimum absolute atomic E-state index is 0.0186. The number of aromatic hydroxyl groups is 1. The van der Waals surface area contributed by atoms with Crippen LogP contribution in [-0.4, -0.2) is 39.3 Å². The van der Waals surface area contributed by atoms with Crippen LogP contribution < -0.4 is 21.1 Å². The molecule has 0 fully saturated rings. The molecular weight excluding hydrogens is 520 g/mol. The van der Waals surface area contributed by atoms with E-state index in [4.69, 9.17) is 10.8 Å². The van der Waals surface area contributed by atoms with Crippen LogP contribution in [0.4, 0.5) is 5.82 Å². The monoisotopic (exact) mass is 556 g/mol. The maximum atomic E-state index is 12.6. The van der Waals surface area contributed by atoms with Crippen molar-refractivity contribution < 1.29 is 19.4 Å². The molecule has 0 radical (unpaired) electrons. The molecule has 1 atom stereocenters. The van der Waals surface area contributed by atoms with E-state index >= 15 is 0 Å². The number of anilines is 1. The highest BCUT2D eigenvalue weighted by molar-refractivity contribution is 5.86. The van der Waals surface area contributed by atoms with Crippen molar-refractivity contribution in [3.05, 3.63) is 95.5 Å². The van der Waals surface area contributed by atoms with Crippen molar-refractivity contribution in [2.24, 2.45) is 5.73 Å². The van der Waals surface area contributed by atoms with Crippen molar-refractivity contribution in [2.45, 2.75) is 51.5 Å². The number of nitrogens with two attached hydrogens (primary N) is 1. The third-order valence-electron chi connectivity index (χ3n) is 6.73. The molecule has 4 rings (SSSR count). The number of carbonyl (C=O) groups excluding carboxylic acids is 2. The third-order valence-corrected chi connectivity index (χ3v) is 6.73. The number of phenols is 1. The molecule has 10 heteroatoms. The number of nitrogens with one attached hydrogen (secondary N) is 2. The molecule has 2 amide bonds. The van der Waals surface area contributed by atoms with Gasteiger partial charge in [0.1, 0.15) is 17.6 Å². The molecule has 41 heavy (non-hydrogen) atoms. The second kappa shape index (κ2) is 12.5. The van der Waals surface area contributed by atoms with Gasteiger partial charge in [0, 0.05) is 43.1 Å². The molecule has 5 N–H and O–H groups in total. The van der Waals surface area contributed by atoms with Crippen molar-refractivity contribution in [1.82, 2.24) is 15.1 Å². The Labute approximate surface area is 239 Å². The van der Waals surface area contributed by atoms with E-state index in [2.05, 4.69) is 43.5 Å². The zero-order valence-electron chi connectivity index (χ0n) is 23.5. The average Bonchev–Trinajstić information content (AvgIpc) is 3.36. The summed E-state index contributed by atoms with van der Waals surface area (Å²) in [7, 11) is 0. The van der Waals surface area contributed by atoms with E-state index in [0.717, 1.165) is 27.4 Å². The summed E-state index contributed by atoms with van der Waals surface area (Å²) in [5.41, 5.74) is 9.89. The summed E-state index contributed by atoms with van der Waals surface area (Å²) < 4.78 is 2.53. The van der Waals surface area contributed by atoms with Gasteiger partial charge in [-0.3, -0.25) is 9.59 Å². The Kier molecular flexibility index (Phi) is 8.91. The molecule has 4 aromatic rings. The van der Waals surface area contributed by atoms with Gasteiger partial charge in [-0.2, -0.15) is 9.83 Å². The summed E-state index contributed by atoms with van der Waals surface area (Å²) in [5, 5.41) is 31.8. The molecule has 0 aliphatic carbocycles. The molecule has 0 saturated carbocycles. The van der Waals surface area contributed by atoms with E-state index < -0.39 is 11.9 Å². The van der Waals surface area contributed by atoms with E-state index in [-0.39, 0.29) is 29.9 Å². The average molecular weight is 557 g/mol. The van der Waals surface area contributed by atoms with Gasteiger partial charge in [-0.15, -0.1) is 0 Å². The molecule has 2 aromatic carbocycles. The molecule has 0 aliphatic heterocycles. The Morgan fingerprint density at radius 2 is 1.71 bits per heavy atom. The molecule has 10 nitrogen and oxygen atoms in total. The number of hydrogen-bond acceptors (Lipinski definition) is 6. The molecule has 214 valence electrons. The number of carbonyl (C=O) groups is 2. The van der Waals surface area contributed by atoms with Crippen LogP contribution >= 0.6 is 0 Å². The maximum absolute atomic E-state index is 12.6. The number of phenolic OH excluding ortho intramolecular Hbond substituents is 1. The summed E-state index contributed by atoms with van der Waals surface area (Å²) in [6.07, 6.45) is 3.79. The summed E-state index contributed by atoms with van der Waals surface area (Å²) in [6, 6.07) is 19.1. The van der Waals surface area contributed by atoms with E-state index in [1.807, 2.05) is 18.2 Å². The van der Waals surface area contributed by atoms with Gasteiger partial charge in [-0.25, -0.2) is 4.68 Å². The zero-order valence-corrected chi connectivity index (χ0v) is 23.5. The second-order valence-corrected chi connectivity index (χ2v) is 11.0. The Bertz CT molecular complexity index is 1470. The third kappa shape index (κ3) is 7.84. The van der Waals surface area contributed by atoms with Gasteiger partial charge >= 0.3 is 0 Å². The van der Waals surface area contributed by atoms with Crippen molar-refractivity contribution in [3.63, 3.8) is 0 Å². The van der Waals surface area contributed by atoms with Crippen LogP contribution in [0.3, 0.4) is 0 Å². The quantitative estimate of drug-likeness (QED) is 0.126. The lowest BCUT2D eigenvalue weighted by atomic mass is 9.87. The van der Waals surface area contributed by atoms with Crippen molar-refractivity contribution >= 4 is 17.6 Å². The maximum Gasteiger partial charge on any atom is 0.240 e. The van der Waals surface area contributed by atoms with Crippen LogP contribution in [0.2, 0.25) is 0 Å². The highest BCUT2D eigenvalue weighted by Gasteiger charge is 2.19. The van der Waals surface area contributed by atoms with Crippen LogP contribution in [-0.2, 0) is 21.4 Å². The van der Waals surface area contributed by atoms with Gasteiger partial charge in [0.15, 0.2) is 12.4 Å². The number of amides is 2. The van der Waals surface area contributed by atoms with Crippen molar-refractivity contribution in [3.8, 4) is 22.7 Å². The first-order chi connectivity index (χ1) is 19.5. The molecule has 0 aliphatic rings. The van der Waals surface area contributed by atoms with E-state index in [1.54, 1.807) is 28.9 Å². The van der Waals surface area contributed by atoms with Gasteiger partial charge in [-0.05, 0) is 47.2 Å². The van der Waals surface area contributed by atoms with E-state index in [0.29, 0.717) is 18.7 Å². The minimum atomic E-state index is -0.848. The predicted molar refractivity (Wildman–Crippen MR) is 157 cm³/mol. The Morgan fingerprint density at radius 3 is 2.32 bits per heavy atom. The summed E-state index contributed by atoms with van der Waals surface area (Å²) in [5.74, 6) is -0.0424. The Balaban J connectivity index is 1.42. The topological polar surface area (TPSA) is 149 Å². The molecule has 0 spiro atoms. The first-order valence-electron chi connectivity index (χ1n) is 13.5. The molecule has 0 bridgehead atoms. The Morgan fingerprint density at radius 1 is 1.05 bits per heavy atom. The van der Waals surface area contributed by atoms with Crippen LogP contribution in [0.15, 0.2) is 79.1 Å². The molecule has 2 aromatic heterocycles. The number of pyridine rings is 1. The lowest BCUT2D eigenvalue weighted by Gasteiger charge is -2.19. The van der Waals surface area contributed by atoms with Crippen molar-refractivity contribution in [2.75, 3.05) is 11.9 Å². The fourth-order valence-corrected chi connectivity index (χ4v) is 4.35. The van der Waals surface area contributed by atoms with Crippen LogP contribution in [0, 0.1) is 5.21 Å². The number of hydrogen-bond donors (Lipinski definition) is 4. The fraction of sp³-hybridized carbons (Fsp3) is 0.290. The highest BCUT2D eigenvalue weighted by Crippen LogP contribution is 2.27. The number of benzene rings is 2. The van der Waals surface area contributed by atoms with Gasteiger partial charge in [-0.1, -0.05) is 45.0 Å². The van der Waals surface area contributed by atoms with Gasteiger partial charge in [0.05, 0.1) is 11.4 Å². The number of primary amides is 1. The SMILES string of the molecule is CC(C)(C)c1ccc(-n2nc(-c3cc[n+]([O-])cc3)cc2NCCCC(=O)NC(Cc2ccc(O)cc2)C(N)=O)cc1. The van der Waals surface area contributed by atoms with Gasteiger partial charge in [0.25, 0.3) is 0 Å². The minimum Gasteiger partial charge on any atom is -0.619 e. The summed E-state index contributed by atoms with van der Waals surface area (Å²) >= 11 is 0. The van der Waals surface area contributed by atoms with Crippen LogP contribution in [0.5, 0.6) is 5.75 Å². The number of rotatable bonds is 11. The first-order valence-corrected chi connectivity index (χ1v) is 13.5. The summed E-state index contributed by atoms with van der Waals surface area (Å²) in [4.78, 5) is 24.5. The van der Waals surface area contributed by atoms with Gasteiger partial charge in [0.2, 0.25) is 11.8 Å². The lowest BCUT2D eigenvalue weighted by Crippen LogP contribution is -2.45. The molecule has 2 heterocycles. The second-order valence-electron chi connectivity index (χ2n) is 11.0. The molecule has 1 unspecified atom stereocenters. The number of nitrogens with zero attached hydrogens (tertiary/aromatic N) is 3. The van der Waals surface area contributed by atoms with Crippen LogP contribution in [0.1, 0.15) is 44.7 Å². The fourth-order valence-electron chi connectivity index (χ4n) is 4.35. The Hall–Kier alpha value is -4.86. The molecular formula is C31H36N6O4. The van der Waals surface area contributed by atoms with E-state index in [1.165, 1.54) is 30.1 Å². The van der Waals surface area contributed by atoms with Crippen molar-refractivity contribution in [1.29, 1.82) is 0 Å². The smallest absolute Gasteiger partial charge is 0.240 e. The number of aromatic nitrogens is 3. The lowest BCUT2D eigenvalue weighted by molar-refractivity contribution is -0.605. The standard InChI is InChI=1S/C31H36N6O4/c1-31(2,3)23-8-10-24(11-9-23)37-28(20-26(35-37)22-14-17-36(41)18-15-22)33-16-4-5-29(39)34-27(30(32)40)19-21-6-12-25(38)13-7-21/h6-15,17-18,20,27,33,38H,4-5,16,19H2,1-3H3,(H2,32,40)(H,34,39). The first kappa shape index (κ1) is 29.1. The van der Waals surface area contributed by atoms with Gasteiger partial charge < -0.3 is 26.7 Å². The zero-order chi connectivity index (χ0) is 29.6. The van der Waals surface area contributed by atoms with E-state index in [9.17, 15) is 19.9 Å². The largest absolute Gasteiger partial charge is 0.619 e.